The predicted octanol–water partition coefficient (Wildman–Crippen LogP) is 6.23. The lowest BCUT2D eigenvalue weighted by atomic mass is 9.80. The third-order valence-electron chi connectivity index (χ3n) is 6.72. The van der Waals surface area contributed by atoms with Crippen molar-refractivity contribution in [2.24, 2.45) is 5.92 Å². The van der Waals surface area contributed by atoms with Crippen LogP contribution in [0.3, 0.4) is 0 Å². The fraction of sp³-hybridized carbons (Fsp3) is 0.310. The largest absolute Gasteiger partial charge is 0.497 e. The number of nitrogens with one attached hydrogen (secondary N) is 1. The van der Waals surface area contributed by atoms with Gasteiger partial charge in [-0.15, -0.1) is 0 Å². The molecule has 1 amide bonds. The minimum Gasteiger partial charge on any atom is -0.497 e. The van der Waals surface area contributed by atoms with Gasteiger partial charge in [-0.05, 0) is 54.3 Å². The fourth-order valence-corrected chi connectivity index (χ4v) is 5.14. The highest BCUT2D eigenvalue weighted by atomic mass is 16.5. The molecule has 0 spiro atoms. The number of rotatable bonds is 5. The van der Waals surface area contributed by atoms with Crippen LogP contribution in [0.15, 0.2) is 82.6 Å². The van der Waals surface area contributed by atoms with Crippen LogP contribution in [0.4, 0.5) is 11.4 Å². The Bertz CT molecular complexity index is 1260. The van der Waals surface area contributed by atoms with E-state index in [4.69, 9.17) is 9.15 Å². The van der Waals surface area contributed by atoms with Gasteiger partial charge in [-0.25, -0.2) is 0 Å². The van der Waals surface area contributed by atoms with Crippen molar-refractivity contribution in [2.75, 3.05) is 17.3 Å². The number of para-hydroxylation sites is 2. The number of nitrogens with zero attached hydrogens (tertiary/aromatic N) is 1. The zero-order valence-corrected chi connectivity index (χ0v) is 20.3. The summed E-state index contributed by atoms with van der Waals surface area (Å²) in [5.74, 6) is 1.67. The molecule has 3 aromatic rings. The summed E-state index contributed by atoms with van der Waals surface area (Å²) in [4.78, 5) is 29.4. The molecule has 2 heterocycles. The maximum Gasteiger partial charge on any atom is 0.228 e. The number of hydrogen-bond donors (Lipinski definition) is 1. The molecule has 6 heteroatoms. The van der Waals surface area contributed by atoms with Gasteiger partial charge in [0.1, 0.15) is 11.5 Å². The summed E-state index contributed by atoms with van der Waals surface area (Å²) in [6.45, 7) is 4.07. The van der Waals surface area contributed by atoms with Gasteiger partial charge in [-0.2, -0.15) is 0 Å². The van der Waals surface area contributed by atoms with E-state index in [-0.39, 0.29) is 23.5 Å². The smallest absolute Gasteiger partial charge is 0.228 e. The summed E-state index contributed by atoms with van der Waals surface area (Å²) in [6, 6.07) is 18.7. The normalized spacial score (nSPS) is 19.7. The first-order chi connectivity index (χ1) is 17.0. The molecule has 2 unspecified atom stereocenters. The molecule has 0 radical (unpaired) electrons. The Morgan fingerprint density at radius 3 is 2.54 bits per heavy atom. The number of anilines is 2. The number of allylic oxidation sites excluding steroid dienone is 1. The Hall–Kier alpha value is -3.80. The van der Waals surface area contributed by atoms with Crippen molar-refractivity contribution >= 4 is 23.1 Å². The topological polar surface area (TPSA) is 71.8 Å². The van der Waals surface area contributed by atoms with Crippen molar-refractivity contribution in [3.8, 4) is 5.75 Å². The van der Waals surface area contributed by atoms with Crippen molar-refractivity contribution < 1.29 is 18.7 Å². The molecule has 6 nitrogen and oxygen atoms in total. The number of amides is 1. The maximum atomic E-state index is 13.8. The first kappa shape index (κ1) is 23.0. The third-order valence-corrected chi connectivity index (χ3v) is 6.72. The van der Waals surface area contributed by atoms with Crippen LogP contribution < -0.4 is 15.0 Å². The molecule has 1 aromatic heterocycles. The van der Waals surface area contributed by atoms with Crippen LogP contribution in [-0.4, -0.2) is 18.8 Å². The van der Waals surface area contributed by atoms with Crippen molar-refractivity contribution in [3.63, 3.8) is 0 Å². The van der Waals surface area contributed by atoms with Crippen molar-refractivity contribution in [1.29, 1.82) is 0 Å². The molecule has 0 bridgehead atoms. The molecular formula is C29H30N2O4. The highest BCUT2D eigenvalue weighted by molar-refractivity contribution is 6.06. The van der Waals surface area contributed by atoms with E-state index in [2.05, 4.69) is 5.32 Å². The van der Waals surface area contributed by atoms with E-state index in [1.54, 1.807) is 13.4 Å². The van der Waals surface area contributed by atoms with Gasteiger partial charge >= 0.3 is 0 Å². The molecule has 2 aliphatic rings. The van der Waals surface area contributed by atoms with Gasteiger partial charge < -0.3 is 14.5 Å². The number of hydrogen-bond acceptors (Lipinski definition) is 5. The van der Waals surface area contributed by atoms with E-state index >= 15 is 0 Å². The zero-order valence-electron chi connectivity index (χ0n) is 20.3. The summed E-state index contributed by atoms with van der Waals surface area (Å²) in [7, 11) is 1.62. The number of carbonyl (C=O) groups is 2. The maximum absolute atomic E-state index is 13.8. The highest BCUT2D eigenvalue weighted by Crippen LogP contribution is 2.47. The number of carbonyl (C=O) groups excluding carboxylic acids is 2. The Kier molecular flexibility index (Phi) is 6.20. The fourth-order valence-electron chi connectivity index (χ4n) is 5.14. The Morgan fingerprint density at radius 1 is 1.09 bits per heavy atom. The van der Waals surface area contributed by atoms with Crippen LogP contribution in [0.25, 0.3) is 0 Å². The van der Waals surface area contributed by atoms with E-state index in [1.165, 1.54) is 0 Å². The van der Waals surface area contributed by atoms with E-state index in [0.717, 1.165) is 34.1 Å². The average Bonchev–Trinajstić information content (AvgIpc) is 3.33. The van der Waals surface area contributed by atoms with Crippen LogP contribution >= 0.6 is 0 Å². The van der Waals surface area contributed by atoms with Crippen LogP contribution in [0, 0.1) is 5.92 Å². The van der Waals surface area contributed by atoms with Crippen LogP contribution in [0.5, 0.6) is 5.75 Å². The molecule has 0 fully saturated rings. The molecule has 2 aromatic carbocycles. The third kappa shape index (κ3) is 4.36. The number of methoxy groups -OCH3 is 1. The number of Topliss-reactive ketones (excluding diaryl/α,β-unsaturated/α-hetero) is 1. The standard InChI is InChI=1S/C29H30N2O4/c1-18(2)15-27(33)31-24-8-5-4-7-22(24)30-23-16-20(26-9-6-14-35-26)17-25(32)28(23)29(31)19-10-12-21(34-3)13-11-19/h4-14,18,20,29-30H,15-17H2,1-3H3. The number of ether oxygens (including phenoxy) is 1. The Morgan fingerprint density at radius 2 is 1.86 bits per heavy atom. The van der Waals surface area contributed by atoms with Crippen LogP contribution in [0.2, 0.25) is 0 Å². The van der Waals surface area contributed by atoms with Gasteiger partial charge in [0.15, 0.2) is 5.78 Å². The van der Waals surface area contributed by atoms with Crippen molar-refractivity contribution in [1.82, 2.24) is 0 Å². The summed E-state index contributed by atoms with van der Waals surface area (Å²) >= 11 is 0. The minimum absolute atomic E-state index is 0.00947. The Labute approximate surface area is 205 Å². The second-order valence-corrected chi connectivity index (χ2v) is 9.62. The van der Waals surface area contributed by atoms with Gasteiger partial charge in [-0.3, -0.25) is 14.5 Å². The molecule has 35 heavy (non-hydrogen) atoms. The van der Waals surface area contributed by atoms with E-state index in [1.807, 2.05) is 79.4 Å². The molecule has 1 N–H and O–H groups in total. The van der Waals surface area contributed by atoms with Gasteiger partial charge in [-0.1, -0.05) is 38.1 Å². The highest BCUT2D eigenvalue weighted by Gasteiger charge is 2.42. The average molecular weight is 471 g/mol. The summed E-state index contributed by atoms with van der Waals surface area (Å²) in [5, 5.41) is 3.54. The first-order valence-corrected chi connectivity index (χ1v) is 12.1. The van der Waals surface area contributed by atoms with E-state index < -0.39 is 6.04 Å². The van der Waals surface area contributed by atoms with Gasteiger partial charge in [0.05, 0.1) is 30.8 Å². The lowest BCUT2D eigenvalue weighted by Crippen LogP contribution is -2.39. The molecule has 180 valence electrons. The van der Waals surface area contributed by atoms with E-state index in [9.17, 15) is 9.59 Å². The second-order valence-electron chi connectivity index (χ2n) is 9.62. The van der Waals surface area contributed by atoms with Crippen LogP contribution in [0.1, 0.15) is 56.4 Å². The molecule has 2 atom stereocenters. The quantitative estimate of drug-likeness (QED) is 0.478. The van der Waals surface area contributed by atoms with E-state index in [0.29, 0.717) is 24.8 Å². The summed E-state index contributed by atoms with van der Waals surface area (Å²) in [5.41, 5.74) is 3.96. The molecular weight excluding hydrogens is 440 g/mol. The van der Waals surface area contributed by atoms with Crippen LogP contribution in [-0.2, 0) is 9.59 Å². The second kappa shape index (κ2) is 9.45. The molecule has 5 rings (SSSR count). The molecule has 1 aliphatic carbocycles. The SMILES string of the molecule is COc1ccc(C2C3=C(CC(c4ccco4)CC3=O)Nc3ccccc3N2C(=O)CC(C)C)cc1. The number of ketones is 1. The summed E-state index contributed by atoms with van der Waals surface area (Å²) < 4.78 is 11.0. The van der Waals surface area contributed by atoms with Crippen molar-refractivity contribution in [2.45, 2.75) is 45.1 Å². The predicted molar refractivity (Wildman–Crippen MR) is 135 cm³/mol. The summed E-state index contributed by atoms with van der Waals surface area (Å²) in [6.07, 6.45) is 2.99. The Balaban J connectivity index is 1.70. The zero-order chi connectivity index (χ0) is 24.5. The lowest BCUT2D eigenvalue weighted by molar-refractivity contribution is -0.119. The molecule has 0 saturated heterocycles. The molecule has 1 aliphatic heterocycles. The number of benzene rings is 2. The lowest BCUT2D eigenvalue weighted by Gasteiger charge is -2.35. The monoisotopic (exact) mass is 470 g/mol. The van der Waals surface area contributed by atoms with Crippen molar-refractivity contribution in [3.05, 3.63) is 89.5 Å². The minimum atomic E-state index is -0.539. The number of fused-ring (bicyclic) bond motifs is 1. The first-order valence-electron chi connectivity index (χ1n) is 12.1. The van der Waals surface area contributed by atoms with Gasteiger partial charge in [0, 0.05) is 30.0 Å². The van der Waals surface area contributed by atoms with Gasteiger partial charge in [0.25, 0.3) is 0 Å². The molecule has 0 saturated carbocycles. The van der Waals surface area contributed by atoms with Gasteiger partial charge in [0.2, 0.25) is 5.91 Å². The number of furan rings is 1.